The Labute approximate surface area is 118 Å². The Morgan fingerprint density at radius 2 is 2.10 bits per heavy atom. The summed E-state index contributed by atoms with van der Waals surface area (Å²) in [7, 11) is 0. The molecule has 1 aromatic rings. The highest BCUT2D eigenvalue weighted by Gasteiger charge is 2.01. The number of nitriles is 1. The van der Waals surface area contributed by atoms with E-state index in [1.54, 1.807) is 31.2 Å². The van der Waals surface area contributed by atoms with Gasteiger partial charge in [-0.25, -0.2) is 0 Å². The second-order valence-corrected chi connectivity index (χ2v) is 3.68. The summed E-state index contributed by atoms with van der Waals surface area (Å²) in [6, 6.07) is 8.49. The van der Waals surface area contributed by atoms with Gasteiger partial charge in [-0.2, -0.15) is 5.26 Å². The van der Waals surface area contributed by atoms with Crippen LogP contribution in [0, 0.1) is 21.4 Å². The Kier molecular flexibility index (Phi) is 8.81. The Morgan fingerprint density at radius 3 is 2.50 bits per heavy atom. The average molecular weight is 271 g/mol. The van der Waals surface area contributed by atoms with E-state index in [9.17, 15) is 10.1 Å². The van der Waals surface area contributed by atoms with Crippen LogP contribution in [0.3, 0.4) is 0 Å². The molecule has 5 nitrogen and oxygen atoms in total. The maximum atomic E-state index is 10.2. The van der Waals surface area contributed by atoms with Gasteiger partial charge in [-0.1, -0.05) is 31.7 Å². The van der Waals surface area contributed by atoms with Crippen LogP contribution in [0.25, 0.3) is 0 Å². The van der Waals surface area contributed by atoms with Crippen molar-refractivity contribution in [2.75, 3.05) is 0 Å². The molecule has 0 aliphatic heterocycles. The molecule has 0 atom stereocenters. The van der Waals surface area contributed by atoms with Crippen LogP contribution in [0.15, 0.2) is 54.2 Å². The summed E-state index contributed by atoms with van der Waals surface area (Å²) in [6.07, 6.45) is 5.72. The number of non-ortho nitro benzene ring substituents is 1. The van der Waals surface area contributed by atoms with E-state index in [0.717, 1.165) is 12.0 Å². The summed E-state index contributed by atoms with van der Waals surface area (Å²) in [5.41, 5.74) is 1.73. The first-order valence-corrected chi connectivity index (χ1v) is 6.00. The van der Waals surface area contributed by atoms with Gasteiger partial charge in [0.15, 0.2) is 0 Å². The van der Waals surface area contributed by atoms with Crippen molar-refractivity contribution in [1.82, 2.24) is 0 Å². The van der Waals surface area contributed by atoms with Crippen molar-refractivity contribution in [3.63, 3.8) is 0 Å². The van der Waals surface area contributed by atoms with Gasteiger partial charge in [0, 0.05) is 18.3 Å². The summed E-state index contributed by atoms with van der Waals surface area (Å²) < 4.78 is 0. The number of aliphatic imine (C=N–C) groups is 1. The van der Waals surface area contributed by atoms with E-state index in [-0.39, 0.29) is 10.6 Å². The fourth-order valence-electron chi connectivity index (χ4n) is 1.10. The molecule has 0 aliphatic rings. The molecule has 0 bridgehead atoms. The SMILES string of the molecule is C=C/C=C\N=C(C)C#N.CCc1ccc([N+](=O)[O-])cc1. The maximum Gasteiger partial charge on any atom is 0.269 e. The second-order valence-electron chi connectivity index (χ2n) is 3.68. The summed E-state index contributed by atoms with van der Waals surface area (Å²) in [5, 5.41) is 18.4. The lowest BCUT2D eigenvalue weighted by Crippen LogP contribution is -1.87. The molecule has 104 valence electrons. The number of allylic oxidation sites excluding steroid dienone is 2. The predicted molar refractivity (Wildman–Crippen MR) is 80.5 cm³/mol. The summed E-state index contributed by atoms with van der Waals surface area (Å²) in [5.74, 6) is 0. The van der Waals surface area contributed by atoms with Gasteiger partial charge in [0.2, 0.25) is 0 Å². The molecule has 0 spiro atoms. The lowest BCUT2D eigenvalue weighted by molar-refractivity contribution is -0.384. The highest BCUT2D eigenvalue weighted by molar-refractivity contribution is 5.96. The van der Waals surface area contributed by atoms with E-state index >= 15 is 0 Å². The topological polar surface area (TPSA) is 79.3 Å². The Bertz CT molecular complexity index is 537. The second kappa shape index (κ2) is 10.2. The maximum absolute atomic E-state index is 10.2. The molecule has 0 aliphatic carbocycles. The number of rotatable bonds is 4. The lowest BCUT2D eigenvalue weighted by atomic mass is 10.2. The van der Waals surface area contributed by atoms with Gasteiger partial charge in [-0.05, 0) is 25.0 Å². The van der Waals surface area contributed by atoms with Gasteiger partial charge in [-0.15, -0.1) is 0 Å². The fourth-order valence-corrected chi connectivity index (χ4v) is 1.10. The molecule has 0 aromatic heterocycles. The summed E-state index contributed by atoms with van der Waals surface area (Å²) in [6.45, 7) is 7.11. The smallest absolute Gasteiger partial charge is 0.258 e. The molecule has 0 saturated heterocycles. The predicted octanol–water partition coefficient (Wildman–Crippen LogP) is 3.83. The molecule has 1 aromatic carbocycles. The molecule has 0 radical (unpaired) electrons. The normalized spacial score (nSPS) is 10.3. The zero-order chi connectivity index (χ0) is 15.4. The van der Waals surface area contributed by atoms with E-state index in [0.29, 0.717) is 5.71 Å². The highest BCUT2D eigenvalue weighted by atomic mass is 16.6. The molecule has 0 fully saturated rings. The van der Waals surface area contributed by atoms with Gasteiger partial charge in [0.1, 0.15) is 11.8 Å². The first-order chi connectivity index (χ1) is 9.54. The first-order valence-electron chi connectivity index (χ1n) is 6.00. The minimum Gasteiger partial charge on any atom is -0.258 e. The number of nitro groups is 1. The molecule has 0 N–H and O–H groups in total. The summed E-state index contributed by atoms with van der Waals surface area (Å²) >= 11 is 0. The van der Waals surface area contributed by atoms with Crippen LogP contribution in [-0.2, 0) is 6.42 Å². The molecular weight excluding hydrogens is 254 g/mol. The van der Waals surface area contributed by atoms with E-state index < -0.39 is 0 Å². The Hall–Kier alpha value is -2.74. The zero-order valence-corrected chi connectivity index (χ0v) is 11.6. The minimum absolute atomic E-state index is 0.155. The Morgan fingerprint density at radius 1 is 1.50 bits per heavy atom. The molecule has 0 amide bonds. The molecule has 0 saturated carbocycles. The molecule has 1 rings (SSSR count). The van der Waals surface area contributed by atoms with E-state index in [4.69, 9.17) is 5.26 Å². The third-order valence-corrected chi connectivity index (χ3v) is 2.21. The van der Waals surface area contributed by atoms with E-state index in [2.05, 4.69) is 11.6 Å². The van der Waals surface area contributed by atoms with Crippen LogP contribution in [-0.4, -0.2) is 10.6 Å². The number of benzene rings is 1. The largest absolute Gasteiger partial charge is 0.269 e. The minimum atomic E-state index is -0.389. The van der Waals surface area contributed by atoms with E-state index in [1.165, 1.54) is 18.3 Å². The fraction of sp³-hybridized carbons (Fsp3) is 0.200. The van der Waals surface area contributed by atoms with Crippen LogP contribution < -0.4 is 0 Å². The molecule has 0 heterocycles. The number of nitrogens with zero attached hydrogens (tertiary/aromatic N) is 3. The molecule has 5 heteroatoms. The van der Waals surface area contributed by atoms with Gasteiger partial charge in [0.05, 0.1) is 4.92 Å². The van der Waals surface area contributed by atoms with Crippen molar-refractivity contribution in [1.29, 1.82) is 5.26 Å². The average Bonchev–Trinajstić information content (AvgIpc) is 2.48. The number of aryl methyl sites for hydroxylation is 1. The quantitative estimate of drug-likeness (QED) is 0.361. The van der Waals surface area contributed by atoms with Crippen molar-refractivity contribution in [2.24, 2.45) is 4.99 Å². The van der Waals surface area contributed by atoms with Crippen LogP contribution in [0.5, 0.6) is 0 Å². The Balaban J connectivity index is 0.000000370. The monoisotopic (exact) mass is 271 g/mol. The number of hydrogen-bond acceptors (Lipinski definition) is 4. The molecular formula is C15H17N3O2. The zero-order valence-electron chi connectivity index (χ0n) is 11.6. The van der Waals surface area contributed by atoms with Crippen LogP contribution in [0.4, 0.5) is 5.69 Å². The standard InChI is InChI=1S/C8H9NO2.C7H8N2/c1-2-7-3-5-8(6-4-7)9(10)11;1-3-4-5-9-7(2)6-8/h3-6H,2H2,1H3;3-5H,1H2,2H3/b;5-4-,9-7?. The van der Waals surface area contributed by atoms with Crippen molar-refractivity contribution in [2.45, 2.75) is 20.3 Å². The third kappa shape index (κ3) is 7.56. The van der Waals surface area contributed by atoms with Crippen LogP contribution in [0.1, 0.15) is 19.4 Å². The highest BCUT2D eigenvalue weighted by Crippen LogP contribution is 2.11. The number of nitro benzene ring substituents is 1. The van der Waals surface area contributed by atoms with Gasteiger partial charge in [0.25, 0.3) is 5.69 Å². The van der Waals surface area contributed by atoms with Crippen molar-refractivity contribution in [3.8, 4) is 6.07 Å². The van der Waals surface area contributed by atoms with Crippen molar-refractivity contribution in [3.05, 3.63) is 64.9 Å². The molecule has 0 unspecified atom stereocenters. The number of hydrogen-bond donors (Lipinski definition) is 0. The van der Waals surface area contributed by atoms with E-state index in [1.807, 2.05) is 13.0 Å². The van der Waals surface area contributed by atoms with Gasteiger partial charge >= 0.3 is 0 Å². The lowest BCUT2D eigenvalue weighted by Gasteiger charge is -1.93. The van der Waals surface area contributed by atoms with Gasteiger partial charge in [-0.3, -0.25) is 15.1 Å². The summed E-state index contributed by atoms with van der Waals surface area (Å²) in [4.78, 5) is 13.6. The van der Waals surface area contributed by atoms with Crippen molar-refractivity contribution >= 4 is 11.4 Å². The first kappa shape index (κ1) is 17.3. The van der Waals surface area contributed by atoms with Crippen LogP contribution in [0.2, 0.25) is 0 Å². The third-order valence-electron chi connectivity index (χ3n) is 2.21. The van der Waals surface area contributed by atoms with Gasteiger partial charge < -0.3 is 0 Å². The van der Waals surface area contributed by atoms with Crippen LogP contribution >= 0.6 is 0 Å². The molecule has 20 heavy (non-hydrogen) atoms. The van der Waals surface area contributed by atoms with Crippen molar-refractivity contribution < 1.29 is 4.92 Å².